The number of methoxy groups -OCH3 is 1. The molecule has 0 aliphatic rings. The third-order valence-corrected chi connectivity index (χ3v) is 7.18. The highest BCUT2D eigenvalue weighted by Gasteiger charge is 2.30. The number of nitrogens with zero attached hydrogens (tertiary/aromatic N) is 1. The molecule has 0 bridgehead atoms. The van der Waals surface area contributed by atoms with Crippen molar-refractivity contribution in [1.82, 2.24) is 9.97 Å². The normalized spacial score (nSPS) is 11.7. The van der Waals surface area contributed by atoms with Gasteiger partial charge in [-0.2, -0.15) is 13.2 Å². The number of rotatable bonds is 7. The van der Waals surface area contributed by atoms with Crippen LogP contribution in [-0.2, 0) is 17.3 Å². The Labute approximate surface area is 250 Å². The highest BCUT2D eigenvalue weighted by atomic mass is 35.5. The van der Waals surface area contributed by atoms with E-state index in [1.165, 1.54) is 19.2 Å². The summed E-state index contributed by atoms with van der Waals surface area (Å²) in [7, 11) is 1.34. The molecule has 0 saturated heterocycles. The Morgan fingerprint density at radius 2 is 1.52 bits per heavy atom. The molecular formula is C33H23Cl2F3N2O2. The Morgan fingerprint density at radius 1 is 0.881 bits per heavy atom. The van der Waals surface area contributed by atoms with Crippen molar-refractivity contribution in [3.05, 3.63) is 135 Å². The second kappa shape index (κ2) is 12.3. The van der Waals surface area contributed by atoms with Crippen molar-refractivity contribution < 1.29 is 22.7 Å². The van der Waals surface area contributed by atoms with Crippen LogP contribution in [0.25, 0.3) is 34.5 Å². The number of nitrogens with one attached hydrogen (secondary N) is 1. The van der Waals surface area contributed by atoms with Crippen molar-refractivity contribution in [2.45, 2.75) is 12.6 Å². The number of imidazole rings is 1. The fourth-order valence-electron chi connectivity index (χ4n) is 4.43. The number of halogens is 5. The molecule has 0 saturated carbocycles. The molecule has 0 spiro atoms. The van der Waals surface area contributed by atoms with E-state index in [2.05, 4.69) is 4.98 Å². The summed E-state index contributed by atoms with van der Waals surface area (Å²) in [5.41, 5.74) is 5.32. The summed E-state index contributed by atoms with van der Waals surface area (Å²) in [5, 5.41) is 0.977. The molecule has 5 aromatic rings. The fraction of sp³-hybridized carbons (Fsp3) is 0.0909. The monoisotopic (exact) mass is 606 g/mol. The van der Waals surface area contributed by atoms with E-state index in [0.717, 1.165) is 40.1 Å². The van der Waals surface area contributed by atoms with E-state index >= 15 is 0 Å². The number of hydrogen-bond acceptors (Lipinski definition) is 3. The smallest absolute Gasteiger partial charge is 0.416 e. The van der Waals surface area contributed by atoms with Crippen LogP contribution in [0, 0.1) is 0 Å². The lowest BCUT2D eigenvalue weighted by molar-refractivity contribution is -0.137. The zero-order valence-electron chi connectivity index (χ0n) is 22.2. The molecule has 0 fully saturated rings. The van der Waals surface area contributed by atoms with E-state index in [0.29, 0.717) is 39.1 Å². The average Bonchev–Trinajstić information content (AvgIpc) is 3.38. The number of ether oxygens (including phenoxy) is 1. The highest BCUT2D eigenvalue weighted by Crippen LogP contribution is 2.33. The van der Waals surface area contributed by atoms with Crippen LogP contribution in [0.15, 0.2) is 91.0 Å². The SMILES string of the molecule is COC(=O)c1ccc(Cc2[nH]c(C=Cc3ccc(-c4ccc(C(F)(F)F)cc4)cc3)nc2-c2ccc(Cl)cc2Cl)cc1. The largest absolute Gasteiger partial charge is 0.465 e. The second-order valence-corrected chi connectivity index (χ2v) is 10.3. The summed E-state index contributed by atoms with van der Waals surface area (Å²) >= 11 is 12.6. The molecule has 9 heteroatoms. The fourth-order valence-corrected chi connectivity index (χ4v) is 4.93. The van der Waals surface area contributed by atoms with Crippen LogP contribution in [0.1, 0.15) is 38.6 Å². The van der Waals surface area contributed by atoms with Crippen LogP contribution in [0.4, 0.5) is 13.2 Å². The van der Waals surface area contributed by atoms with Gasteiger partial charge in [0.15, 0.2) is 0 Å². The van der Waals surface area contributed by atoms with Gasteiger partial charge in [-0.15, -0.1) is 0 Å². The second-order valence-electron chi connectivity index (χ2n) is 9.47. The van der Waals surface area contributed by atoms with Crippen LogP contribution >= 0.6 is 23.2 Å². The molecule has 0 aliphatic carbocycles. The molecule has 4 aromatic carbocycles. The lowest BCUT2D eigenvalue weighted by Crippen LogP contribution is -2.03. The van der Waals surface area contributed by atoms with E-state index in [4.69, 9.17) is 32.9 Å². The number of aromatic amines is 1. The lowest BCUT2D eigenvalue weighted by atomic mass is 10.0. The maximum absolute atomic E-state index is 12.9. The zero-order chi connectivity index (χ0) is 29.9. The number of hydrogen-bond donors (Lipinski definition) is 1. The molecule has 42 heavy (non-hydrogen) atoms. The van der Waals surface area contributed by atoms with E-state index in [-0.39, 0.29) is 0 Å². The van der Waals surface area contributed by atoms with E-state index in [1.54, 1.807) is 24.3 Å². The Kier molecular flexibility index (Phi) is 8.52. The number of H-pyrrole nitrogens is 1. The van der Waals surface area contributed by atoms with Crippen LogP contribution < -0.4 is 0 Å². The van der Waals surface area contributed by atoms with Crippen molar-refractivity contribution in [3.8, 4) is 22.4 Å². The minimum absolute atomic E-state index is 0.406. The van der Waals surface area contributed by atoms with Crippen LogP contribution in [0.2, 0.25) is 10.0 Å². The molecule has 1 aromatic heterocycles. The first kappa shape index (κ1) is 29.2. The summed E-state index contributed by atoms with van der Waals surface area (Å²) in [4.78, 5) is 20.0. The van der Waals surface area contributed by atoms with Crippen LogP contribution in [-0.4, -0.2) is 23.0 Å². The van der Waals surface area contributed by atoms with Crippen LogP contribution in [0.3, 0.4) is 0 Å². The maximum Gasteiger partial charge on any atom is 0.416 e. The predicted molar refractivity (Wildman–Crippen MR) is 160 cm³/mol. The molecule has 0 aliphatic heterocycles. The Morgan fingerprint density at radius 3 is 2.12 bits per heavy atom. The first-order valence-electron chi connectivity index (χ1n) is 12.8. The third kappa shape index (κ3) is 6.75. The third-order valence-electron chi connectivity index (χ3n) is 6.63. The minimum atomic E-state index is -4.37. The van der Waals surface area contributed by atoms with Crippen LogP contribution in [0.5, 0.6) is 0 Å². The average molecular weight is 607 g/mol. The standard InChI is InChI=1S/C33H23Cl2F3N2O2/c1-42-32(41)24-9-4-21(5-10-24)18-29-31(27-16-15-26(34)19-28(27)35)40-30(39-29)17-6-20-2-7-22(8-3-20)23-11-13-25(14-12-23)33(36,37)38/h2-17,19H,18H2,1H3,(H,39,40). The van der Waals surface area contributed by atoms with Gasteiger partial charge in [-0.1, -0.05) is 77.8 Å². The molecule has 4 nitrogen and oxygen atoms in total. The highest BCUT2D eigenvalue weighted by molar-refractivity contribution is 6.36. The maximum atomic E-state index is 12.9. The number of benzene rings is 4. The van der Waals surface area contributed by atoms with Gasteiger partial charge in [-0.3, -0.25) is 0 Å². The van der Waals surface area contributed by atoms with Gasteiger partial charge >= 0.3 is 12.1 Å². The molecule has 0 atom stereocenters. The quantitative estimate of drug-likeness (QED) is 0.188. The molecular weight excluding hydrogens is 584 g/mol. The number of esters is 1. The van der Waals surface area contributed by atoms with Crippen molar-refractivity contribution in [3.63, 3.8) is 0 Å². The van der Waals surface area contributed by atoms with Gasteiger partial charge in [0.2, 0.25) is 0 Å². The van der Waals surface area contributed by atoms with Gasteiger partial charge in [0, 0.05) is 22.7 Å². The molecule has 0 amide bonds. The van der Waals surface area contributed by atoms with Crippen molar-refractivity contribution in [2.24, 2.45) is 0 Å². The first-order valence-corrected chi connectivity index (χ1v) is 13.5. The van der Waals surface area contributed by atoms with Gasteiger partial charge < -0.3 is 9.72 Å². The molecule has 212 valence electrons. The minimum Gasteiger partial charge on any atom is -0.465 e. The summed E-state index contributed by atoms with van der Waals surface area (Å²) < 4.78 is 43.4. The Hall–Kier alpha value is -4.33. The predicted octanol–water partition coefficient (Wildman–Crippen LogP) is 9.62. The van der Waals surface area contributed by atoms with Gasteiger partial charge in [-0.25, -0.2) is 9.78 Å². The number of alkyl halides is 3. The zero-order valence-corrected chi connectivity index (χ0v) is 23.7. The molecule has 0 radical (unpaired) electrons. The van der Waals surface area contributed by atoms with Gasteiger partial charge in [0.1, 0.15) is 5.82 Å². The van der Waals surface area contributed by atoms with E-state index in [1.807, 2.05) is 54.6 Å². The van der Waals surface area contributed by atoms with E-state index in [9.17, 15) is 18.0 Å². The van der Waals surface area contributed by atoms with Crippen molar-refractivity contribution >= 4 is 41.3 Å². The first-order chi connectivity index (χ1) is 20.1. The van der Waals surface area contributed by atoms with Crippen molar-refractivity contribution in [1.29, 1.82) is 0 Å². The molecule has 0 unspecified atom stereocenters. The van der Waals surface area contributed by atoms with Gasteiger partial charge in [0.25, 0.3) is 0 Å². The topological polar surface area (TPSA) is 55.0 Å². The number of carbonyl (C=O) groups is 1. The van der Waals surface area contributed by atoms with Gasteiger partial charge in [-0.05, 0) is 70.8 Å². The molecule has 5 rings (SSSR count). The summed E-state index contributed by atoms with van der Waals surface area (Å²) in [6.45, 7) is 0. The lowest BCUT2D eigenvalue weighted by Gasteiger charge is -2.08. The van der Waals surface area contributed by atoms with E-state index < -0.39 is 17.7 Å². The van der Waals surface area contributed by atoms with Crippen molar-refractivity contribution in [2.75, 3.05) is 7.11 Å². The van der Waals surface area contributed by atoms with Gasteiger partial charge in [0.05, 0.1) is 29.0 Å². The molecule has 1 heterocycles. The Bertz CT molecular complexity index is 1740. The summed E-state index contributed by atoms with van der Waals surface area (Å²) in [5.74, 6) is 0.195. The summed E-state index contributed by atoms with van der Waals surface area (Å²) in [6, 6.07) is 24.9. The Balaban J connectivity index is 1.40. The number of aromatic nitrogens is 2. The summed E-state index contributed by atoms with van der Waals surface area (Å²) in [6.07, 6.45) is -0.146. The molecule has 1 N–H and O–H groups in total. The number of carbonyl (C=O) groups excluding carboxylic acids is 1.